The van der Waals surface area contributed by atoms with E-state index in [1.807, 2.05) is 12.1 Å². The summed E-state index contributed by atoms with van der Waals surface area (Å²) in [6.45, 7) is 0. The maximum absolute atomic E-state index is 6.41. The van der Waals surface area contributed by atoms with Crippen molar-refractivity contribution in [1.29, 1.82) is 0 Å². The minimum Gasteiger partial charge on any atom is -0.484 e. The van der Waals surface area contributed by atoms with E-state index >= 15 is 0 Å². The monoisotopic (exact) mass is 254 g/mol. The fraction of sp³-hybridized carbons (Fsp3) is 0.438. The molecule has 0 saturated heterocycles. The smallest absolute Gasteiger partial charge is 0.149 e. The van der Waals surface area contributed by atoms with Crippen LogP contribution >= 0.6 is 0 Å². The summed E-state index contributed by atoms with van der Waals surface area (Å²) in [7, 11) is 0. The third-order valence-corrected chi connectivity index (χ3v) is 4.76. The number of hydrogen-bond donors (Lipinski definition) is 1. The molecule has 0 bridgehead atoms. The van der Waals surface area contributed by atoms with Crippen LogP contribution in [0.3, 0.4) is 0 Å². The molecule has 2 aliphatic heterocycles. The van der Waals surface area contributed by atoms with Crippen LogP contribution in [0.2, 0.25) is 0 Å². The van der Waals surface area contributed by atoms with Crippen molar-refractivity contribution >= 4 is 5.84 Å². The van der Waals surface area contributed by atoms with E-state index in [-0.39, 0.29) is 11.1 Å². The Morgan fingerprint density at radius 1 is 1.11 bits per heavy atom. The summed E-state index contributed by atoms with van der Waals surface area (Å²) in [4.78, 5) is 4.80. The number of nitrogens with two attached hydrogens (primary N) is 1. The van der Waals surface area contributed by atoms with E-state index in [4.69, 9.17) is 15.5 Å². The number of nitrogens with zero attached hydrogens (tertiary/aromatic N) is 1. The zero-order valence-corrected chi connectivity index (χ0v) is 10.9. The van der Waals surface area contributed by atoms with Gasteiger partial charge in [-0.05, 0) is 43.9 Å². The van der Waals surface area contributed by atoms with Crippen LogP contribution in [-0.4, -0.2) is 11.4 Å². The van der Waals surface area contributed by atoms with Gasteiger partial charge in [0.05, 0.1) is 0 Å². The van der Waals surface area contributed by atoms with Crippen LogP contribution in [0.15, 0.2) is 41.4 Å². The van der Waals surface area contributed by atoms with E-state index in [1.165, 1.54) is 24.8 Å². The predicted octanol–water partition coefficient (Wildman–Crippen LogP) is 2.90. The molecule has 1 unspecified atom stereocenters. The Labute approximate surface area is 113 Å². The molecule has 98 valence electrons. The highest BCUT2D eigenvalue weighted by molar-refractivity contribution is 5.95. The lowest BCUT2D eigenvalue weighted by Crippen LogP contribution is -2.50. The van der Waals surface area contributed by atoms with Crippen molar-refractivity contribution < 1.29 is 4.74 Å². The Kier molecular flexibility index (Phi) is 2.12. The molecule has 2 N–H and O–H groups in total. The van der Waals surface area contributed by atoms with Gasteiger partial charge in [-0.2, -0.15) is 0 Å². The molecule has 1 aromatic carbocycles. The average molecular weight is 254 g/mol. The molecular weight excluding hydrogens is 236 g/mol. The van der Waals surface area contributed by atoms with Crippen LogP contribution in [0.4, 0.5) is 0 Å². The molecule has 1 fully saturated rings. The lowest BCUT2D eigenvalue weighted by atomic mass is 9.69. The highest BCUT2D eigenvalue weighted by atomic mass is 16.5. The first-order chi connectivity index (χ1) is 9.26. The SMILES string of the molecule is NC1=NC2(C=C1)c1ccccc1OC21CCCCC1. The number of fused-ring (bicyclic) bond motifs is 3. The van der Waals surface area contributed by atoms with Gasteiger partial charge in [0, 0.05) is 5.56 Å². The van der Waals surface area contributed by atoms with E-state index < -0.39 is 0 Å². The van der Waals surface area contributed by atoms with Crippen LogP contribution in [0.5, 0.6) is 5.75 Å². The summed E-state index contributed by atoms with van der Waals surface area (Å²) in [6, 6.07) is 8.27. The minimum absolute atomic E-state index is 0.216. The topological polar surface area (TPSA) is 47.6 Å². The lowest BCUT2D eigenvalue weighted by molar-refractivity contribution is 0.00476. The summed E-state index contributed by atoms with van der Waals surface area (Å²) in [5.41, 5.74) is 6.52. The summed E-state index contributed by atoms with van der Waals surface area (Å²) in [5.74, 6) is 1.60. The molecule has 1 aliphatic carbocycles. The van der Waals surface area contributed by atoms with Gasteiger partial charge in [-0.1, -0.05) is 24.6 Å². The Hall–Kier alpha value is -1.77. The van der Waals surface area contributed by atoms with Crippen molar-refractivity contribution in [3.05, 3.63) is 42.0 Å². The lowest BCUT2D eigenvalue weighted by Gasteiger charge is -2.42. The fourth-order valence-corrected chi connectivity index (χ4v) is 3.90. The second-order valence-corrected chi connectivity index (χ2v) is 5.79. The molecule has 3 heteroatoms. The van der Waals surface area contributed by atoms with Crippen molar-refractivity contribution in [3.63, 3.8) is 0 Å². The van der Waals surface area contributed by atoms with E-state index in [9.17, 15) is 0 Å². The quantitative estimate of drug-likeness (QED) is 0.773. The molecule has 1 atom stereocenters. The fourth-order valence-electron chi connectivity index (χ4n) is 3.90. The molecule has 0 aromatic heterocycles. The van der Waals surface area contributed by atoms with Crippen molar-refractivity contribution in [3.8, 4) is 5.75 Å². The van der Waals surface area contributed by atoms with Gasteiger partial charge in [-0.15, -0.1) is 0 Å². The second kappa shape index (κ2) is 3.62. The highest BCUT2D eigenvalue weighted by Gasteiger charge is 2.60. The maximum atomic E-state index is 6.41. The Morgan fingerprint density at radius 2 is 1.89 bits per heavy atom. The first kappa shape index (κ1) is 11.1. The Bertz CT molecular complexity index is 584. The standard InChI is InChI=1S/C16H18N2O/c17-14-8-11-16(18-14)12-6-2-3-7-13(12)19-15(16)9-4-1-5-10-15/h2-3,6-8,11H,1,4-5,9-10H2,(H2,17,18). The Morgan fingerprint density at radius 3 is 2.63 bits per heavy atom. The Balaban J connectivity index is 1.93. The molecule has 0 radical (unpaired) electrons. The first-order valence-corrected chi connectivity index (χ1v) is 7.09. The van der Waals surface area contributed by atoms with Gasteiger partial charge in [0.2, 0.25) is 0 Å². The van der Waals surface area contributed by atoms with Gasteiger partial charge >= 0.3 is 0 Å². The zero-order chi connectivity index (χ0) is 12.9. The second-order valence-electron chi connectivity index (χ2n) is 5.79. The number of para-hydroxylation sites is 1. The van der Waals surface area contributed by atoms with Gasteiger partial charge in [-0.3, -0.25) is 0 Å². The van der Waals surface area contributed by atoms with Crippen molar-refractivity contribution in [2.75, 3.05) is 0 Å². The van der Waals surface area contributed by atoms with Crippen molar-refractivity contribution in [1.82, 2.24) is 0 Å². The number of amidine groups is 1. The molecule has 19 heavy (non-hydrogen) atoms. The molecule has 1 aromatic rings. The van der Waals surface area contributed by atoms with Crippen LogP contribution in [-0.2, 0) is 5.54 Å². The summed E-state index contributed by atoms with van der Waals surface area (Å²) < 4.78 is 6.41. The van der Waals surface area contributed by atoms with Crippen LogP contribution in [0.1, 0.15) is 37.7 Å². The molecule has 4 rings (SSSR count). The first-order valence-electron chi connectivity index (χ1n) is 7.09. The molecule has 1 saturated carbocycles. The number of aliphatic imine (C=N–C) groups is 1. The van der Waals surface area contributed by atoms with E-state index in [0.717, 1.165) is 18.6 Å². The molecule has 2 spiro atoms. The van der Waals surface area contributed by atoms with Gasteiger partial charge in [0.1, 0.15) is 22.7 Å². The van der Waals surface area contributed by atoms with Crippen LogP contribution < -0.4 is 10.5 Å². The third kappa shape index (κ3) is 1.30. The van der Waals surface area contributed by atoms with E-state index in [1.54, 1.807) is 0 Å². The predicted molar refractivity (Wildman–Crippen MR) is 75.3 cm³/mol. The molecule has 3 nitrogen and oxygen atoms in total. The van der Waals surface area contributed by atoms with Crippen LogP contribution in [0, 0.1) is 0 Å². The molecule has 2 heterocycles. The summed E-state index contributed by atoms with van der Waals surface area (Å²) in [6.07, 6.45) is 9.91. The average Bonchev–Trinajstić information content (AvgIpc) is 2.94. The largest absolute Gasteiger partial charge is 0.484 e. The van der Waals surface area contributed by atoms with Gasteiger partial charge in [-0.25, -0.2) is 4.99 Å². The van der Waals surface area contributed by atoms with Gasteiger partial charge in [0.25, 0.3) is 0 Å². The molecular formula is C16H18N2O. The highest BCUT2D eigenvalue weighted by Crippen LogP contribution is 2.57. The number of rotatable bonds is 0. The van der Waals surface area contributed by atoms with Crippen molar-refractivity contribution in [2.24, 2.45) is 10.7 Å². The van der Waals surface area contributed by atoms with Gasteiger partial charge < -0.3 is 10.5 Å². The number of hydrogen-bond acceptors (Lipinski definition) is 3. The van der Waals surface area contributed by atoms with E-state index in [2.05, 4.69) is 24.3 Å². The number of benzene rings is 1. The van der Waals surface area contributed by atoms with Crippen molar-refractivity contribution in [2.45, 2.75) is 43.2 Å². The van der Waals surface area contributed by atoms with Crippen LogP contribution in [0.25, 0.3) is 0 Å². The normalized spacial score (nSPS) is 30.4. The molecule has 3 aliphatic rings. The summed E-state index contributed by atoms with van der Waals surface area (Å²) in [5, 5.41) is 0. The third-order valence-electron chi connectivity index (χ3n) is 4.76. The summed E-state index contributed by atoms with van der Waals surface area (Å²) >= 11 is 0. The zero-order valence-electron chi connectivity index (χ0n) is 10.9. The maximum Gasteiger partial charge on any atom is 0.149 e. The molecule has 0 amide bonds. The minimum atomic E-state index is -0.381. The van der Waals surface area contributed by atoms with Gasteiger partial charge in [0.15, 0.2) is 0 Å². The van der Waals surface area contributed by atoms with E-state index in [0.29, 0.717) is 5.84 Å². The number of ether oxygens (including phenoxy) is 1.